The fraction of sp³-hybridized carbons (Fsp3) is 0.800. The van der Waals surface area contributed by atoms with Crippen molar-refractivity contribution in [1.82, 2.24) is 31.5 Å². The maximum absolute atomic E-state index is 12.6. The quantitative estimate of drug-likeness (QED) is 0.260. The van der Waals surface area contributed by atoms with Crippen LogP contribution >= 0.6 is 12.4 Å². The van der Waals surface area contributed by atoms with E-state index < -0.39 is 84.2 Å². The number of hydrogen-bond acceptors (Lipinski definition) is 7. The second kappa shape index (κ2) is 17.2. The minimum atomic E-state index is -5.26. The summed E-state index contributed by atoms with van der Waals surface area (Å²) in [5.41, 5.74) is -4.18. The number of carbonyl (C=O) groups excluding carboxylic acids is 5. The van der Waals surface area contributed by atoms with E-state index in [1.165, 1.54) is 10.6 Å². The Labute approximate surface area is 282 Å². The predicted octanol–water partition coefficient (Wildman–Crippen LogP) is 3.00. The number of alkyl halides is 12. The molecular formula is C25H35ClF12N6O6. The van der Waals surface area contributed by atoms with Crippen LogP contribution in [-0.2, 0) is 23.9 Å². The summed E-state index contributed by atoms with van der Waals surface area (Å²) in [6.07, 6.45) is -22.2. The molecule has 0 aromatic rings. The highest BCUT2D eigenvalue weighted by atomic mass is 35.5. The molecule has 2 saturated heterocycles. The van der Waals surface area contributed by atoms with Crippen LogP contribution in [0.2, 0.25) is 0 Å². The van der Waals surface area contributed by atoms with Gasteiger partial charge in [-0.25, -0.2) is 4.79 Å². The Hall–Kier alpha value is -3.44. The van der Waals surface area contributed by atoms with Gasteiger partial charge in [0.2, 0.25) is 0 Å². The molecule has 0 atom stereocenters. The Morgan fingerprint density at radius 2 is 0.920 bits per heavy atom. The molecule has 2 rings (SSSR count). The molecule has 2 heterocycles. The molecule has 5 amide bonds. The van der Waals surface area contributed by atoms with E-state index >= 15 is 0 Å². The van der Waals surface area contributed by atoms with Crippen molar-refractivity contribution in [3.63, 3.8) is 0 Å². The van der Waals surface area contributed by atoms with Gasteiger partial charge in [-0.2, -0.15) is 52.7 Å². The van der Waals surface area contributed by atoms with Gasteiger partial charge in [-0.3, -0.25) is 19.2 Å². The topological polar surface area (TPSA) is 158 Å². The van der Waals surface area contributed by atoms with Crippen molar-refractivity contribution in [2.75, 3.05) is 39.3 Å². The van der Waals surface area contributed by atoms with Gasteiger partial charge in [0.1, 0.15) is 5.60 Å². The first-order valence-electron chi connectivity index (χ1n) is 14.1. The lowest BCUT2D eigenvalue weighted by Crippen LogP contribution is -2.63. The maximum atomic E-state index is 12.6. The normalized spacial score (nSPS) is 17.9. The summed E-state index contributed by atoms with van der Waals surface area (Å²) in [5, 5.41) is 9.16. The Morgan fingerprint density at radius 1 is 0.600 bits per heavy atom. The molecule has 0 spiro atoms. The summed E-state index contributed by atoms with van der Waals surface area (Å²) in [5.74, 6) is -9.20. The van der Waals surface area contributed by atoms with Crippen molar-refractivity contribution in [2.24, 2.45) is 0 Å². The van der Waals surface area contributed by atoms with E-state index in [0.29, 0.717) is 0 Å². The molecular weight excluding hydrogens is 744 g/mol. The molecule has 0 unspecified atom stereocenters. The van der Waals surface area contributed by atoms with E-state index in [0.717, 1.165) is 4.90 Å². The lowest BCUT2D eigenvalue weighted by Gasteiger charge is -2.42. The van der Waals surface area contributed by atoms with Crippen LogP contribution < -0.4 is 26.6 Å². The van der Waals surface area contributed by atoms with E-state index in [2.05, 4.69) is 5.32 Å². The number of nitrogens with zero attached hydrogens (tertiary/aromatic N) is 1. The van der Waals surface area contributed by atoms with Crippen LogP contribution in [0.1, 0.15) is 46.5 Å². The lowest BCUT2D eigenvalue weighted by atomic mass is 9.87. The fourth-order valence-corrected chi connectivity index (χ4v) is 4.36. The third-order valence-corrected chi connectivity index (χ3v) is 6.89. The smallest absolute Gasteiger partial charge is 0.444 e. The van der Waals surface area contributed by atoms with E-state index in [9.17, 15) is 76.7 Å². The molecule has 0 aromatic heterocycles. The number of likely N-dealkylation sites (tertiary alicyclic amines) is 1. The van der Waals surface area contributed by atoms with Gasteiger partial charge in [-0.15, -0.1) is 12.4 Å². The summed E-state index contributed by atoms with van der Waals surface area (Å²) in [6, 6.07) is 0. The Bertz CT molecular complexity index is 1190. The molecule has 12 nitrogen and oxygen atoms in total. The summed E-state index contributed by atoms with van der Waals surface area (Å²) >= 11 is 0. The fourth-order valence-electron chi connectivity index (χ4n) is 4.36. The molecule has 292 valence electrons. The Kier molecular flexibility index (Phi) is 16.0. The number of carbonyl (C=O) groups is 5. The molecule has 0 saturated carbocycles. The van der Waals surface area contributed by atoms with Gasteiger partial charge in [0.05, 0.1) is 11.1 Å². The summed E-state index contributed by atoms with van der Waals surface area (Å²) in [4.78, 5) is 57.2. The molecule has 50 heavy (non-hydrogen) atoms. The van der Waals surface area contributed by atoms with Gasteiger partial charge < -0.3 is 36.2 Å². The van der Waals surface area contributed by atoms with E-state index in [1.54, 1.807) is 31.4 Å². The molecule has 2 aliphatic rings. The highest BCUT2D eigenvalue weighted by molar-refractivity contribution is 5.85. The summed E-state index contributed by atoms with van der Waals surface area (Å²) in [7, 11) is 0. The third kappa shape index (κ3) is 15.6. The van der Waals surface area contributed by atoms with E-state index in [4.69, 9.17) is 4.74 Å². The van der Waals surface area contributed by atoms with E-state index in [1.807, 2.05) is 0 Å². The lowest BCUT2D eigenvalue weighted by molar-refractivity contribution is -0.177. The van der Waals surface area contributed by atoms with Crippen LogP contribution in [0.4, 0.5) is 57.5 Å². The van der Waals surface area contributed by atoms with Crippen LogP contribution in [0.3, 0.4) is 0 Å². The van der Waals surface area contributed by atoms with Crippen LogP contribution in [0.5, 0.6) is 0 Å². The minimum Gasteiger partial charge on any atom is -0.444 e. The van der Waals surface area contributed by atoms with Crippen molar-refractivity contribution in [3.8, 4) is 0 Å². The Balaban J connectivity index is 0.000000978. The number of piperidine rings is 2. The van der Waals surface area contributed by atoms with Crippen molar-refractivity contribution in [3.05, 3.63) is 0 Å². The molecule has 0 bridgehead atoms. The van der Waals surface area contributed by atoms with Gasteiger partial charge in [-0.05, 0) is 59.5 Å². The van der Waals surface area contributed by atoms with Crippen LogP contribution in [0, 0.1) is 0 Å². The number of halogens is 13. The number of ether oxygens (including phenoxy) is 1. The summed E-state index contributed by atoms with van der Waals surface area (Å²) in [6.45, 7) is 3.26. The highest BCUT2D eigenvalue weighted by Gasteiger charge is 2.48. The average Bonchev–Trinajstić information content (AvgIpc) is 2.93. The van der Waals surface area contributed by atoms with Crippen LogP contribution in [-0.4, -0.2) is 115 Å². The monoisotopic (exact) mass is 778 g/mol. The van der Waals surface area contributed by atoms with Crippen molar-refractivity contribution >= 4 is 42.1 Å². The zero-order valence-corrected chi connectivity index (χ0v) is 27.2. The van der Waals surface area contributed by atoms with Crippen LogP contribution in [0.15, 0.2) is 0 Å². The maximum Gasteiger partial charge on any atom is 0.471 e. The van der Waals surface area contributed by atoms with Gasteiger partial charge in [0.15, 0.2) is 0 Å². The largest absolute Gasteiger partial charge is 0.471 e. The van der Waals surface area contributed by atoms with Crippen LogP contribution in [0.25, 0.3) is 0 Å². The molecule has 2 fully saturated rings. The van der Waals surface area contributed by atoms with Gasteiger partial charge in [0.25, 0.3) is 0 Å². The molecule has 5 N–H and O–H groups in total. The first-order valence-corrected chi connectivity index (χ1v) is 14.1. The van der Waals surface area contributed by atoms with Gasteiger partial charge in [-0.1, -0.05) is 0 Å². The Morgan fingerprint density at radius 3 is 1.22 bits per heavy atom. The van der Waals surface area contributed by atoms with Gasteiger partial charge in [0, 0.05) is 26.2 Å². The third-order valence-electron chi connectivity index (χ3n) is 6.89. The van der Waals surface area contributed by atoms with Gasteiger partial charge >= 0.3 is 54.4 Å². The average molecular weight is 779 g/mol. The molecule has 0 aromatic carbocycles. The van der Waals surface area contributed by atoms with Crippen molar-refractivity contribution in [2.45, 2.75) is 87.8 Å². The highest BCUT2D eigenvalue weighted by Crippen LogP contribution is 2.27. The second-order valence-electron chi connectivity index (χ2n) is 12.0. The SMILES string of the molecule is CC(C)(C)OC(=O)N1CCC(CNC(=O)C(F)(F)F)(NC(=O)C(F)(F)F)CC1.Cl.O=C(NCC1(NC(=O)C(F)(F)F)CCNCC1)C(F)(F)F. The first-order chi connectivity index (χ1) is 21.9. The minimum absolute atomic E-state index is 0. The number of hydrogen-bond donors (Lipinski definition) is 5. The molecule has 0 aliphatic carbocycles. The van der Waals surface area contributed by atoms with Crippen molar-refractivity contribution in [1.29, 1.82) is 0 Å². The molecule has 0 radical (unpaired) electrons. The predicted molar refractivity (Wildman–Crippen MR) is 148 cm³/mol. The first kappa shape index (κ1) is 46.6. The number of rotatable bonds is 6. The number of amides is 5. The zero-order valence-electron chi connectivity index (χ0n) is 26.4. The zero-order chi connectivity index (χ0) is 38.3. The second-order valence-corrected chi connectivity index (χ2v) is 12.0. The van der Waals surface area contributed by atoms with Crippen molar-refractivity contribution < 1.29 is 81.4 Å². The standard InChI is InChI=1S/C15H21F6N3O4.C10H13F6N3O2.ClH/c1-12(2,3)28-11(27)24-6-4-13(5-7-24,23-10(26)15(19,20)21)8-22-9(25)14(16,17)18;11-9(12,13)6(20)18-5-8(1-3-17-4-2-8)19-7(21)10(14,15)16;/h4-8H2,1-3H3,(H,22,25)(H,23,26);17H,1-5H2,(H,18,20)(H,19,21);1H. The molecule has 25 heteroatoms. The summed E-state index contributed by atoms with van der Waals surface area (Å²) < 4.78 is 153. The molecule has 2 aliphatic heterocycles. The number of nitrogens with one attached hydrogen (secondary N) is 5. The van der Waals surface area contributed by atoms with E-state index in [-0.39, 0.29) is 64.3 Å².